The standard InChI is InChI=1S/C13H17N3S/c1-10(13-14-8-9-16(13)2)15-11-4-6-12(17-3)7-5-11/h4-10,15H,1-3H3. The molecule has 1 atom stereocenters. The third kappa shape index (κ3) is 2.82. The van der Waals surface area contributed by atoms with Crippen LogP contribution in [0.15, 0.2) is 41.6 Å². The van der Waals surface area contributed by atoms with Gasteiger partial charge in [-0.1, -0.05) is 0 Å². The number of rotatable bonds is 4. The third-order valence-electron chi connectivity index (χ3n) is 2.72. The van der Waals surface area contributed by atoms with Gasteiger partial charge in [-0.05, 0) is 37.4 Å². The molecule has 1 aromatic heterocycles. The molecule has 0 fully saturated rings. The van der Waals surface area contributed by atoms with Crippen molar-refractivity contribution in [2.45, 2.75) is 17.9 Å². The SMILES string of the molecule is CSc1ccc(NC(C)c2nccn2C)cc1. The molecule has 17 heavy (non-hydrogen) atoms. The van der Waals surface area contributed by atoms with Gasteiger partial charge in [-0.15, -0.1) is 11.8 Å². The minimum atomic E-state index is 0.204. The monoisotopic (exact) mass is 247 g/mol. The smallest absolute Gasteiger partial charge is 0.130 e. The lowest BCUT2D eigenvalue weighted by Gasteiger charge is -2.15. The van der Waals surface area contributed by atoms with Crippen molar-refractivity contribution in [3.05, 3.63) is 42.5 Å². The Bertz CT molecular complexity index is 476. The molecule has 3 nitrogen and oxygen atoms in total. The Morgan fingerprint density at radius 1 is 1.29 bits per heavy atom. The van der Waals surface area contributed by atoms with Crippen LogP contribution >= 0.6 is 11.8 Å². The van der Waals surface area contributed by atoms with E-state index in [0.29, 0.717) is 0 Å². The predicted octanol–water partition coefficient (Wildman–Crippen LogP) is 3.32. The molecule has 0 aliphatic heterocycles. The average molecular weight is 247 g/mol. The molecule has 0 amide bonds. The summed E-state index contributed by atoms with van der Waals surface area (Å²) in [5.41, 5.74) is 1.12. The Morgan fingerprint density at radius 2 is 2.00 bits per heavy atom. The van der Waals surface area contributed by atoms with Crippen molar-refractivity contribution in [2.24, 2.45) is 7.05 Å². The van der Waals surface area contributed by atoms with Gasteiger partial charge in [0.2, 0.25) is 0 Å². The second-order valence-electron chi connectivity index (χ2n) is 3.99. The maximum absolute atomic E-state index is 4.34. The zero-order chi connectivity index (χ0) is 12.3. The molecule has 1 N–H and O–H groups in total. The Balaban J connectivity index is 2.07. The molecule has 1 heterocycles. The van der Waals surface area contributed by atoms with Gasteiger partial charge < -0.3 is 9.88 Å². The van der Waals surface area contributed by atoms with E-state index in [1.165, 1.54) is 4.90 Å². The molecular weight excluding hydrogens is 230 g/mol. The quantitative estimate of drug-likeness (QED) is 0.841. The highest BCUT2D eigenvalue weighted by Gasteiger charge is 2.09. The van der Waals surface area contributed by atoms with E-state index in [0.717, 1.165) is 11.5 Å². The van der Waals surface area contributed by atoms with Crippen LogP contribution in [0.5, 0.6) is 0 Å². The molecular formula is C13H17N3S. The highest BCUT2D eigenvalue weighted by Crippen LogP contribution is 2.21. The first-order valence-corrected chi connectivity index (χ1v) is 6.81. The fraction of sp³-hybridized carbons (Fsp3) is 0.308. The lowest BCUT2D eigenvalue weighted by molar-refractivity contribution is 0.721. The molecule has 90 valence electrons. The highest BCUT2D eigenvalue weighted by molar-refractivity contribution is 7.98. The number of aryl methyl sites for hydroxylation is 1. The number of hydrogen-bond acceptors (Lipinski definition) is 3. The Kier molecular flexibility index (Phi) is 3.74. The first-order valence-electron chi connectivity index (χ1n) is 5.58. The maximum Gasteiger partial charge on any atom is 0.130 e. The molecule has 1 aromatic carbocycles. The number of benzene rings is 1. The molecule has 4 heteroatoms. The number of hydrogen-bond donors (Lipinski definition) is 1. The summed E-state index contributed by atoms with van der Waals surface area (Å²) >= 11 is 1.75. The van der Waals surface area contributed by atoms with E-state index >= 15 is 0 Å². The van der Waals surface area contributed by atoms with E-state index in [9.17, 15) is 0 Å². The van der Waals surface area contributed by atoms with Gasteiger partial charge in [0.15, 0.2) is 0 Å². The third-order valence-corrected chi connectivity index (χ3v) is 3.46. The Hall–Kier alpha value is -1.42. The van der Waals surface area contributed by atoms with Gasteiger partial charge in [-0.25, -0.2) is 4.98 Å². The maximum atomic E-state index is 4.34. The van der Waals surface area contributed by atoms with Gasteiger partial charge in [0.05, 0.1) is 6.04 Å². The first-order chi connectivity index (χ1) is 8.20. The number of anilines is 1. The first kappa shape index (κ1) is 12.0. The summed E-state index contributed by atoms with van der Waals surface area (Å²) in [6.45, 7) is 2.12. The topological polar surface area (TPSA) is 29.9 Å². The average Bonchev–Trinajstić information content (AvgIpc) is 2.76. The number of imidazole rings is 1. The number of aromatic nitrogens is 2. The van der Waals surface area contributed by atoms with E-state index in [1.807, 2.05) is 24.0 Å². The van der Waals surface area contributed by atoms with Crippen LogP contribution < -0.4 is 5.32 Å². The molecule has 0 saturated heterocycles. The lowest BCUT2D eigenvalue weighted by atomic mass is 10.2. The molecule has 1 unspecified atom stereocenters. The van der Waals surface area contributed by atoms with Crippen molar-refractivity contribution in [3.8, 4) is 0 Å². The van der Waals surface area contributed by atoms with Crippen LogP contribution in [-0.2, 0) is 7.05 Å². The lowest BCUT2D eigenvalue weighted by Crippen LogP contribution is -2.11. The Labute approximate surface area is 106 Å². The summed E-state index contributed by atoms with van der Waals surface area (Å²) in [6.07, 6.45) is 5.87. The second-order valence-corrected chi connectivity index (χ2v) is 4.87. The van der Waals surface area contributed by atoms with Crippen molar-refractivity contribution < 1.29 is 0 Å². The van der Waals surface area contributed by atoms with Crippen molar-refractivity contribution in [1.82, 2.24) is 9.55 Å². The van der Waals surface area contributed by atoms with E-state index in [2.05, 4.69) is 47.7 Å². The number of nitrogens with one attached hydrogen (secondary N) is 1. The summed E-state index contributed by atoms with van der Waals surface area (Å²) in [4.78, 5) is 5.62. The summed E-state index contributed by atoms with van der Waals surface area (Å²) in [5, 5.41) is 3.44. The van der Waals surface area contributed by atoms with E-state index in [4.69, 9.17) is 0 Å². The van der Waals surface area contributed by atoms with Gasteiger partial charge >= 0.3 is 0 Å². The summed E-state index contributed by atoms with van der Waals surface area (Å²) in [6, 6.07) is 8.66. The molecule has 2 aromatic rings. The van der Waals surface area contributed by atoms with Crippen LogP contribution in [-0.4, -0.2) is 15.8 Å². The Morgan fingerprint density at radius 3 is 2.53 bits per heavy atom. The van der Waals surface area contributed by atoms with Crippen molar-refractivity contribution in [1.29, 1.82) is 0 Å². The second kappa shape index (κ2) is 5.27. The fourth-order valence-corrected chi connectivity index (χ4v) is 2.20. The molecule has 0 aliphatic carbocycles. The normalized spacial score (nSPS) is 12.4. The van der Waals surface area contributed by atoms with Crippen molar-refractivity contribution in [3.63, 3.8) is 0 Å². The molecule has 0 aliphatic rings. The molecule has 0 spiro atoms. The van der Waals surface area contributed by atoms with Crippen molar-refractivity contribution in [2.75, 3.05) is 11.6 Å². The van der Waals surface area contributed by atoms with Gasteiger partial charge in [0.25, 0.3) is 0 Å². The van der Waals surface area contributed by atoms with Crippen LogP contribution in [0.25, 0.3) is 0 Å². The number of nitrogens with zero attached hydrogens (tertiary/aromatic N) is 2. The van der Waals surface area contributed by atoms with Gasteiger partial charge in [-0.2, -0.15) is 0 Å². The minimum absolute atomic E-state index is 0.204. The number of thioether (sulfide) groups is 1. The molecule has 0 bridgehead atoms. The molecule has 0 saturated carbocycles. The van der Waals surface area contributed by atoms with Gasteiger partial charge in [0.1, 0.15) is 5.82 Å². The van der Waals surface area contributed by atoms with Crippen molar-refractivity contribution >= 4 is 17.4 Å². The molecule has 0 radical (unpaired) electrons. The van der Waals surface area contributed by atoms with E-state index in [-0.39, 0.29) is 6.04 Å². The predicted molar refractivity (Wildman–Crippen MR) is 73.5 cm³/mol. The zero-order valence-corrected chi connectivity index (χ0v) is 11.2. The molecule has 2 rings (SSSR count). The van der Waals surface area contributed by atoms with Crippen LogP contribution in [0, 0.1) is 0 Å². The largest absolute Gasteiger partial charge is 0.375 e. The van der Waals surface area contributed by atoms with E-state index < -0.39 is 0 Å². The van der Waals surface area contributed by atoms with Crippen LogP contribution in [0.1, 0.15) is 18.8 Å². The van der Waals surface area contributed by atoms with Crippen LogP contribution in [0.3, 0.4) is 0 Å². The summed E-state index contributed by atoms with van der Waals surface area (Å²) in [7, 11) is 2.01. The zero-order valence-electron chi connectivity index (χ0n) is 10.3. The fourth-order valence-electron chi connectivity index (χ4n) is 1.80. The van der Waals surface area contributed by atoms with Gasteiger partial charge in [0, 0.05) is 30.0 Å². The van der Waals surface area contributed by atoms with Gasteiger partial charge in [-0.3, -0.25) is 0 Å². The van der Waals surface area contributed by atoms with E-state index in [1.54, 1.807) is 11.8 Å². The summed E-state index contributed by atoms with van der Waals surface area (Å²) in [5.74, 6) is 1.04. The van der Waals surface area contributed by atoms with Crippen LogP contribution in [0.4, 0.5) is 5.69 Å². The highest BCUT2D eigenvalue weighted by atomic mass is 32.2. The van der Waals surface area contributed by atoms with Crippen LogP contribution in [0.2, 0.25) is 0 Å². The minimum Gasteiger partial charge on any atom is -0.375 e. The summed E-state index contributed by atoms with van der Waals surface area (Å²) < 4.78 is 2.04.